The van der Waals surface area contributed by atoms with Crippen LogP contribution >= 0.6 is 11.6 Å². The summed E-state index contributed by atoms with van der Waals surface area (Å²) < 4.78 is 13.3. The molecular formula is C14H21ClFN. The smallest absolute Gasteiger partial charge is 0.127 e. The standard InChI is InChI=1S/C14H21ClFN/c1-4-5-6-9(2)14(17)11-7-10(3)13(16)8-12(11)15/h7-9,14H,4-6,17H2,1-3H3. The fourth-order valence-corrected chi connectivity index (χ4v) is 2.22. The van der Waals surface area contributed by atoms with Crippen molar-refractivity contribution in [3.8, 4) is 0 Å². The van der Waals surface area contributed by atoms with E-state index in [9.17, 15) is 4.39 Å². The molecule has 0 fully saturated rings. The molecule has 0 saturated carbocycles. The summed E-state index contributed by atoms with van der Waals surface area (Å²) in [7, 11) is 0. The van der Waals surface area contributed by atoms with Crippen molar-refractivity contribution in [2.24, 2.45) is 11.7 Å². The molecule has 0 spiro atoms. The molecule has 1 nitrogen and oxygen atoms in total. The van der Waals surface area contributed by atoms with Gasteiger partial charge in [0.1, 0.15) is 5.82 Å². The fraction of sp³-hybridized carbons (Fsp3) is 0.571. The Balaban J connectivity index is 2.88. The van der Waals surface area contributed by atoms with Gasteiger partial charge in [0.15, 0.2) is 0 Å². The highest BCUT2D eigenvalue weighted by molar-refractivity contribution is 6.31. The molecule has 0 aliphatic rings. The molecule has 0 aromatic heterocycles. The van der Waals surface area contributed by atoms with Crippen molar-refractivity contribution in [3.05, 3.63) is 34.1 Å². The summed E-state index contributed by atoms with van der Waals surface area (Å²) in [4.78, 5) is 0. The molecule has 1 aromatic carbocycles. The van der Waals surface area contributed by atoms with Crippen molar-refractivity contribution in [2.45, 2.75) is 46.1 Å². The molecule has 0 bridgehead atoms. The monoisotopic (exact) mass is 257 g/mol. The highest BCUT2D eigenvalue weighted by atomic mass is 35.5. The first-order valence-electron chi connectivity index (χ1n) is 6.18. The quantitative estimate of drug-likeness (QED) is 0.819. The van der Waals surface area contributed by atoms with Crippen LogP contribution in [-0.4, -0.2) is 0 Å². The highest BCUT2D eigenvalue weighted by Gasteiger charge is 2.18. The van der Waals surface area contributed by atoms with Crippen molar-refractivity contribution in [1.82, 2.24) is 0 Å². The van der Waals surface area contributed by atoms with Gasteiger partial charge in [-0.05, 0) is 36.5 Å². The van der Waals surface area contributed by atoms with E-state index in [1.165, 1.54) is 6.07 Å². The maximum Gasteiger partial charge on any atom is 0.127 e. The molecule has 2 unspecified atom stereocenters. The van der Waals surface area contributed by atoms with Gasteiger partial charge in [-0.2, -0.15) is 0 Å². The Kier molecular flexibility index (Phi) is 5.41. The third-order valence-electron chi connectivity index (χ3n) is 3.26. The SMILES string of the molecule is CCCCC(C)C(N)c1cc(C)c(F)cc1Cl. The Hall–Kier alpha value is -0.600. The van der Waals surface area contributed by atoms with E-state index in [2.05, 4.69) is 13.8 Å². The molecule has 0 aliphatic heterocycles. The Bertz CT molecular complexity index is 379. The van der Waals surface area contributed by atoms with Gasteiger partial charge in [0.25, 0.3) is 0 Å². The van der Waals surface area contributed by atoms with Gasteiger partial charge in [0.05, 0.1) is 0 Å². The number of benzene rings is 1. The Morgan fingerprint density at radius 2 is 2.06 bits per heavy atom. The second kappa shape index (κ2) is 6.36. The fourth-order valence-electron chi connectivity index (χ4n) is 1.95. The molecule has 1 aromatic rings. The van der Waals surface area contributed by atoms with Crippen LogP contribution in [0.15, 0.2) is 12.1 Å². The number of unbranched alkanes of at least 4 members (excludes halogenated alkanes) is 1. The van der Waals surface area contributed by atoms with Crippen LogP contribution in [0.4, 0.5) is 4.39 Å². The first-order chi connectivity index (χ1) is 7.97. The lowest BCUT2D eigenvalue weighted by molar-refractivity contribution is 0.423. The molecule has 96 valence electrons. The second-order valence-electron chi connectivity index (χ2n) is 4.77. The van der Waals surface area contributed by atoms with Crippen LogP contribution in [0.2, 0.25) is 5.02 Å². The van der Waals surface area contributed by atoms with Crippen LogP contribution in [0.1, 0.15) is 50.3 Å². The second-order valence-corrected chi connectivity index (χ2v) is 5.18. The number of nitrogens with two attached hydrogens (primary N) is 1. The zero-order chi connectivity index (χ0) is 13.0. The summed E-state index contributed by atoms with van der Waals surface area (Å²) in [6.45, 7) is 6.02. The van der Waals surface area contributed by atoms with E-state index < -0.39 is 0 Å². The lowest BCUT2D eigenvalue weighted by Gasteiger charge is -2.21. The zero-order valence-corrected chi connectivity index (χ0v) is 11.5. The maximum atomic E-state index is 13.3. The molecule has 0 aliphatic carbocycles. The van der Waals surface area contributed by atoms with Crippen molar-refractivity contribution in [3.63, 3.8) is 0 Å². The number of hydrogen-bond acceptors (Lipinski definition) is 1. The molecule has 3 heteroatoms. The van der Waals surface area contributed by atoms with Gasteiger partial charge in [-0.1, -0.05) is 44.4 Å². The normalized spacial score (nSPS) is 14.7. The predicted octanol–water partition coefficient (Wildman–Crippen LogP) is 4.61. The molecule has 2 N–H and O–H groups in total. The van der Waals surface area contributed by atoms with Crippen LogP contribution in [0.5, 0.6) is 0 Å². The average Bonchev–Trinajstić information content (AvgIpc) is 2.29. The highest BCUT2D eigenvalue weighted by Crippen LogP contribution is 2.30. The summed E-state index contributed by atoms with van der Waals surface area (Å²) in [6, 6.07) is 3.01. The third kappa shape index (κ3) is 3.68. The van der Waals surface area contributed by atoms with Crippen molar-refractivity contribution < 1.29 is 4.39 Å². The van der Waals surface area contributed by atoms with E-state index in [-0.39, 0.29) is 11.9 Å². The molecule has 17 heavy (non-hydrogen) atoms. The minimum atomic E-state index is -0.271. The summed E-state index contributed by atoms with van der Waals surface area (Å²) >= 11 is 6.05. The van der Waals surface area contributed by atoms with Crippen LogP contribution in [0, 0.1) is 18.7 Å². The molecule has 0 amide bonds. The Morgan fingerprint density at radius 1 is 1.41 bits per heavy atom. The summed E-state index contributed by atoms with van der Waals surface area (Å²) in [5.41, 5.74) is 7.65. The number of hydrogen-bond donors (Lipinski definition) is 1. The van der Waals surface area contributed by atoms with Crippen molar-refractivity contribution in [2.75, 3.05) is 0 Å². The summed E-state index contributed by atoms with van der Waals surface area (Å²) in [6.07, 6.45) is 3.39. The summed E-state index contributed by atoms with van der Waals surface area (Å²) in [5.74, 6) is 0.0875. The molecule has 0 heterocycles. The van der Waals surface area contributed by atoms with Crippen LogP contribution in [0.3, 0.4) is 0 Å². The van der Waals surface area contributed by atoms with Gasteiger partial charge in [0.2, 0.25) is 0 Å². The lowest BCUT2D eigenvalue weighted by Crippen LogP contribution is -2.20. The maximum absolute atomic E-state index is 13.3. The first-order valence-corrected chi connectivity index (χ1v) is 6.56. The zero-order valence-electron chi connectivity index (χ0n) is 10.8. The van der Waals surface area contributed by atoms with Crippen molar-refractivity contribution >= 4 is 11.6 Å². The van der Waals surface area contributed by atoms with Gasteiger partial charge in [-0.15, -0.1) is 0 Å². The lowest BCUT2D eigenvalue weighted by atomic mass is 9.90. The van der Waals surface area contributed by atoms with Crippen LogP contribution in [-0.2, 0) is 0 Å². The first kappa shape index (κ1) is 14.5. The largest absolute Gasteiger partial charge is 0.324 e. The van der Waals surface area contributed by atoms with E-state index in [1.54, 1.807) is 13.0 Å². The predicted molar refractivity (Wildman–Crippen MR) is 71.8 cm³/mol. The third-order valence-corrected chi connectivity index (χ3v) is 3.59. The molecule has 1 rings (SSSR count). The number of halogens is 2. The molecular weight excluding hydrogens is 237 g/mol. The molecule has 0 radical (unpaired) electrons. The minimum Gasteiger partial charge on any atom is -0.324 e. The van der Waals surface area contributed by atoms with E-state index in [0.29, 0.717) is 16.5 Å². The van der Waals surface area contributed by atoms with Gasteiger partial charge >= 0.3 is 0 Å². The Labute approximate surface area is 108 Å². The van der Waals surface area contributed by atoms with Crippen molar-refractivity contribution in [1.29, 1.82) is 0 Å². The van der Waals surface area contributed by atoms with Crippen LogP contribution < -0.4 is 5.73 Å². The Morgan fingerprint density at radius 3 is 2.65 bits per heavy atom. The minimum absolute atomic E-state index is 0.117. The topological polar surface area (TPSA) is 26.0 Å². The van der Waals surface area contributed by atoms with Crippen LogP contribution in [0.25, 0.3) is 0 Å². The summed E-state index contributed by atoms with van der Waals surface area (Å²) in [5, 5.41) is 0.434. The number of aryl methyl sites for hydroxylation is 1. The van der Waals surface area contributed by atoms with Gasteiger partial charge in [0, 0.05) is 11.1 Å². The van der Waals surface area contributed by atoms with E-state index in [1.807, 2.05) is 0 Å². The number of rotatable bonds is 5. The van der Waals surface area contributed by atoms with Gasteiger partial charge in [-0.25, -0.2) is 4.39 Å². The average molecular weight is 258 g/mol. The van der Waals surface area contributed by atoms with E-state index >= 15 is 0 Å². The van der Waals surface area contributed by atoms with E-state index in [0.717, 1.165) is 24.8 Å². The van der Waals surface area contributed by atoms with Gasteiger partial charge < -0.3 is 5.73 Å². The van der Waals surface area contributed by atoms with Gasteiger partial charge in [-0.3, -0.25) is 0 Å². The molecule has 2 atom stereocenters. The molecule has 0 saturated heterocycles. The van der Waals surface area contributed by atoms with E-state index in [4.69, 9.17) is 17.3 Å².